The highest BCUT2D eigenvalue weighted by Crippen LogP contribution is 2.56. The summed E-state index contributed by atoms with van der Waals surface area (Å²) in [5.74, 6) is -1.74. The summed E-state index contributed by atoms with van der Waals surface area (Å²) in [5.41, 5.74) is 0.910. The van der Waals surface area contributed by atoms with E-state index in [1.807, 2.05) is 13.0 Å². The first-order valence-electron chi connectivity index (χ1n) is 24.6. The van der Waals surface area contributed by atoms with Crippen molar-refractivity contribution in [3.63, 3.8) is 0 Å². The lowest BCUT2D eigenvalue weighted by molar-refractivity contribution is -0.121. The molecule has 0 aliphatic heterocycles. The number of ether oxygens (including phenoxy) is 11. The van der Waals surface area contributed by atoms with Crippen molar-refractivity contribution >= 4 is 72.4 Å². The van der Waals surface area contributed by atoms with Crippen LogP contribution in [0.2, 0.25) is 0 Å². The summed E-state index contributed by atoms with van der Waals surface area (Å²) in [5, 5.41) is 34.5. The third-order valence-corrected chi connectivity index (χ3v) is 12.5. The highest BCUT2D eigenvalue weighted by atomic mass is 16.6. The number of methoxy groups -OCH3 is 5. The normalized spacial score (nSPS) is 13.6. The Labute approximate surface area is 429 Å². The van der Waals surface area contributed by atoms with Crippen LogP contribution in [0.1, 0.15) is 43.7 Å². The maximum absolute atomic E-state index is 15.0. The Hall–Kier alpha value is -6.17. The predicted molar refractivity (Wildman–Crippen MR) is 281 cm³/mol. The number of anilines is 1. The van der Waals surface area contributed by atoms with Gasteiger partial charge in [-0.25, -0.2) is 0 Å². The van der Waals surface area contributed by atoms with Crippen molar-refractivity contribution in [2.45, 2.75) is 32.6 Å². The number of phenolic OH excluding ortho intramolecular Hbond substituents is 2. The quantitative estimate of drug-likeness (QED) is 0.0166. The van der Waals surface area contributed by atoms with Gasteiger partial charge in [0.25, 0.3) is 0 Å². The molecule has 2 amide bonds. The number of rotatable bonds is 35. The molecule has 0 aromatic heterocycles. The van der Waals surface area contributed by atoms with E-state index in [9.17, 15) is 29.4 Å². The number of nitrogens with one attached hydrogen (secondary N) is 3. The number of aliphatic imine (C=N–C) groups is 1. The van der Waals surface area contributed by atoms with Crippen LogP contribution in [0.5, 0.6) is 28.7 Å². The minimum atomic E-state index is -0.764. The van der Waals surface area contributed by atoms with Gasteiger partial charge in [-0.2, -0.15) is 0 Å². The minimum absolute atomic E-state index is 0.0193. The second-order valence-electron chi connectivity index (χ2n) is 17.2. The Bertz CT molecular complexity index is 2870. The van der Waals surface area contributed by atoms with Crippen molar-refractivity contribution in [2.24, 2.45) is 4.99 Å². The summed E-state index contributed by atoms with van der Waals surface area (Å²) in [6.45, 7) is 10.0. The van der Waals surface area contributed by atoms with Crippen molar-refractivity contribution in [3.05, 3.63) is 49.3 Å². The lowest BCUT2D eigenvalue weighted by Gasteiger charge is -2.25. The van der Waals surface area contributed by atoms with Crippen LogP contribution in [-0.4, -0.2) is 182 Å². The van der Waals surface area contributed by atoms with Crippen molar-refractivity contribution in [3.8, 4) is 28.7 Å². The molecule has 5 N–H and O–H groups in total. The number of hydrogen-bond acceptors (Lipinski definition) is 19. The van der Waals surface area contributed by atoms with Gasteiger partial charge in [0, 0.05) is 115 Å². The molecule has 0 saturated carbocycles. The molecule has 0 saturated heterocycles. The maximum Gasteiger partial charge on any atom is 0.232 e. The van der Waals surface area contributed by atoms with E-state index >= 15 is 0 Å². The molecule has 0 bridgehead atoms. The molecule has 1 aliphatic carbocycles. The maximum atomic E-state index is 15.0. The Morgan fingerprint density at radius 1 is 0.554 bits per heavy atom. The van der Waals surface area contributed by atoms with Gasteiger partial charge in [0.2, 0.25) is 22.7 Å². The van der Waals surface area contributed by atoms with Crippen LogP contribution in [0.4, 0.5) is 5.69 Å². The third-order valence-electron chi connectivity index (χ3n) is 12.5. The topological polar surface area (TPSA) is 259 Å². The fourth-order valence-electron chi connectivity index (χ4n) is 9.25. The molecule has 0 radical (unpaired) electrons. The molecule has 21 heteroatoms. The van der Waals surface area contributed by atoms with Crippen LogP contribution >= 0.6 is 0 Å². The summed E-state index contributed by atoms with van der Waals surface area (Å²) < 4.78 is 60.6. The van der Waals surface area contributed by atoms with Crippen LogP contribution in [-0.2, 0) is 47.5 Å². The van der Waals surface area contributed by atoms with Gasteiger partial charge < -0.3 is 78.3 Å². The molecule has 0 fully saturated rings. The number of carbonyl (C=O) groups excluding carboxylic acids is 2. The fraction of sp³-hybridized carbons (Fsp3) is 0.528. The molecule has 404 valence electrons. The summed E-state index contributed by atoms with van der Waals surface area (Å²) in [6.07, 6.45) is 1.85. The molecule has 0 heterocycles. The second-order valence-corrected chi connectivity index (χ2v) is 17.2. The standard InChI is InChI=1S/C53H70N4O17/c1-31-28-33-41-46-42(51(62)50(33)57-11-9-39(61)56-13-15-70-21-23-74-27-25-72-19-17-65-4)34(58)29-36(66-5)44(46)45-37(67-6)30-35(59)43-48(45)47(41)49(53(68-7)52(43)63)40(31)32(2)54-10-8-38(60)55-12-14-69-20-22-73-26-24-71-18-16-64-3/h28-30,40,57-59H,8-27H2,1-7H3,(H,55,60)(H,56,61)/b54-32+. The molecule has 1 atom stereocenters. The summed E-state index contributed by atoms with van der Waals surface area (Å²) in [4.78, 5) is 60.8. The molecule has 5 aromatic rings. The van der Waals surface area contributed by atoms with E-state index in [1.54, 1.807) is 21.1 Å². The summed E-state index contributed by atoms with van der Waals surface area (Å²) in [6, 6.07) is 2.67. The van der Waals surface area contributed by atoms with E-state index in [4.69, 9.17) is 57.1 Å². The number of nitrogens with zero attached hydrogens (tertiary/aromatic N) is 1. The predicted octanol–water partition coefficient (Wildman–Crippen LogP) is 4.11. The zero-order valence-corrected chi connectivity index (χ0v) is 43.4. The van der Waals surface area contributed by atoms with E-state index < -0.39 is 16.8 Å². The van der Waals surface area contributed by atoms with Crippen molar-refractivity contribution < 1.29 is 71.9 Å². The smallest absolute Gasteiger partial charge is 0.232 e. The molecule has 1 aliphatic rings. The number of phenols is 2. The van der Waals surface area contributed by atoms with Gasteiger partial charge in [-0.3, -0.25) is 24.2 Å². The molecule has 6 rings (SSSR count). The van der Waals surface area contributed by atoms with Gasteiger partial charge in [-0.1, -0.05) is 11.6 Å². The number of fused-ring (bicyclic) bond motifs is 1. The van der Waals surface area contributed by atoms with Gasteiger partial charge in [-0.15, -0.1) is 0 Å². The van der Waals surface area contributed by atoms with Gasteiger partial charge in [0.1, 0.15) is 23.0 Å². The molecular weight excluding hydrogens is 965 g/mol. The molecule has 74 heavy (non-hydrogen) atoms. The Kier molecular flexibility index (Phi) is 22.0. The first-order valence-corrected chi connectivity index (χ1v) is 24.6. The van der Waals surface area contributed by atoms with Crippen LogP contribution < -0.4 is 41.0 Å². The average molecular weight is 1040 g/mol. The van der Waals surface area contributed by atoms with E-state index in [-0.39, 0.29) is 109 Å². The fourth-order valence-corrected chi connectivity index (χ4v) is 9.25. The Morgan fingerprint density at radius 2 is 1.01 bits per heavy atom. The average Bonchev–Trinajstić information content (AvgIpc) is 3.51. The first kappa shape index (κ1) is 57.1. The van der Waals surface area contributed by atoms with Gasteiger partial charge in [0.05, 0.1) is 130 Å². The second kappa shape index (κ2) is 28.5. The van der Waals surface area contributed by atoms with Gasteiger partial charge in [-0.05, 0) is 19.2 Å². The van der Waals surface area contributed by atoms with E-state index in [0.29, 0.717) is 134 Å². The molecule has 21 nitrogen and oxygen atoms in total. The largest absolute Gasteiger partial charge is 0.507 e. The molecule has 1 unspecified atom stereocenters. The summed E-state index contributed by atoms with van der Waals surface area (Å²) >= 11 is 0. The molecular formula is C53H70N4O17. The Balaban J connectivity index is 1.28. The minimum Gasteiger partial charge on any atom is -0.507 e. The number of amides is 2. The van der Waals surface area contributed by atoms with E-state index in [0.717, 1.165) is 0 Å². The third kappa shape index (κ3) is 13.4. The van der Waals surface area contributed by atoms with E-state index in [2.05, 4.69) is 16.0 Å². The van der Waals surface area contributed by atoms with Crippen molar-refractivity contribution in [1.82, 2.24) is 10.6 Å². The first-order chi connectivity index (χ1) is 35.9. The van der Waals surface area contributed by atoms with E-state index in [1.165, 1.54) is 33.5 Å². The highest BCUT2D eigenvalue weighted by Gasteiger charge is 2.36. The van der Waals surface area contributed by atoms with Gasteiger partial charge in [0.15, 0.2) is 5.75 Å². The van der Waals surface area contributed by atoms with Crippen LogP contribution in [0.25, 0.3) is 49.2 Å². The van der Waals surface area contributed by atoms with Crippen molar-refractivity contribution in [2.75, 3.05) is 160 Å². The lowest BCUT2D eigenvalue weighted by Crippen LogP contribution is -2.29. The molecule has 5 aromatic carbocycles. The van der Waals surface area contributed by atoms with Crippen LogP contribution in [0, 0.1) is 0 Å². The zero-order valence-electron chi connectivity index (χ0n) is 43.4. The number of allylic oxidation sites excluding steroid dienone is 1. The van der Waals surface area contributed by atoms with Crippen LogP contribution in [0.15, 0.2) is 32.3 Å². The SMILES string of the molecule is COCCOCCOCCOCCNC(=O)CC/N=C(\C)C1C(C)=Cc2c(NCCC(=O)NCCOCCOCCOCCOC)c(=O)c3c(O)cc(OC)c4c5c(OC)cc(O)c6c(=O)c(OC)c1c(c2c34)c65. The highest BCUT2D eigenvalue weighted by molar-refractivity contribution is 6.39. The lowest BCUT2D eigenvalue weighted by atomic mass is 9.80. The Morgan fingerprint density at radius 3 is 1.50 bits per heavy atom. The molecule has 0 spiro atoms. The van der Waals surface area contributed by atoms with Gasteiger partial charge >= 0.3 is 0 Å². The van der Waals surface area contributed by atoms with Crippen molar-refractivity contribution in [1.29, 1.82) is 0 Å². The number of aromatic hydroxyl groups is 2. The number of carbonyl (C=O) groups is 2. The summed E-state index contributed by atoms with van der Waals surface area (Å²) in [7, 11) is 7.43. The monoisotopic (exact) mass is 1030 g/mol. The number of benzene rings is 5. The number of hydrogen-bond donors (Lipinski definition) is 5. The zero-order chi connectivity index (χ0) is 53.1. The van der Waals surface area contributed by atoms with Crippen LogP contribution in [0.3, 0.4) is 0 Å².